The SMILES string of the molecule is CCCCC(CN)NS(=O)(=O)CCC(=O)OC. The maximum atomic E-state index is 11.6. The summed E-state index contributed by atoms with van der Waals surface area (Å²) in [5.41, 5.74) is 5.48. The minimum atomic E-state index is -3.46. The maximum absolute atomic E-state index is 11.6. The predicted octanol–water partition coefficient (Wildman–Crippen LogP) is -0.0136. The summed E-state index contributed by atoms with van der Waals surface area (Å²) in [4.78, 5) is 10.8. The Kier molecular flexibility index (Phi) is 8.11. The van der Waals surface area contributed by atoms with Crippen LogP contribution in [0.15, 0.2) is 0 Å². The summed E-state index contributed by atoms with van der Waals surface area (Å²) < 4.78 is 30.1. The third-order valence-corrected chi connectivity index (χ3v) is 3.77. The van der Waals surface area contributed by atoms with Crippen molar-refractivity contribution < 1.29 is 17.9 Å². The van der Waals surface area contributed by atoms with Crippen molar-refractivity contribution in [2.75, 3.05) is 19.4 Å². The van der Waals surface area contributed by atoms with Crippen LogP contribution < -0.4 is 10.5 Å². The Balaban J connectivity index is 4.16. The van der Waals surface area contributed by atoms with Crippen molar-refractivity contribution in [1.82, 2.24) is 4.72 Å². The lowest BCUT2D eigenvalue weighted by Crippen LogP contribution is -2.41. The van der Waals surface area contributed by atoms with Gasteiger partial charge in [0.15, 0.2) is 0 Å². The van der Waals surface area contributed by atoms with Gasteiger partial charge in [-0.25, -0.2) is 13.1 Å². The Bertz CT molecular complexity index is 316. The van der Waals surface area contributed by atoms with Gasteiger partial charge >= 0.3 is 5.97 Å². The quantitative estimate of drug-likeness (QED) is 0.572. The number of nitrogens with one attached hydrogen (secondary N) is 1. The fourth-order valence-electron chi connectivity index (χ4n) is 1.31. The average Bonchev–Trinajstić information content (AvgIpc) is 2.31. The lowest BCUT2D eigenvalue weighted by Gasteiger charge is -2.16. The molecule has 17 heavy (non-hydrogen) atoms. The summed E-state index contributed by atoms with van der Waals surface area (Å²) >= 11 is 0. The van der Waals surface area contributed by atoms with E-state index in [-0.39, 0.29) is 24.8 Å². The molecule has 0 fully saturated rings. The molecular formula is C10H22N2O4S. The molecular weight excluding hydrogens is 244 g/mol. The molecule has 0 aromatic heterocycles. The second-order valence-corrected chi connectivity index (χ2v) is 5.71. The lowest BCUT2D eigenvalue weighted by molar-refractivity contribution is -0.140. The Hall–Kier alpha value is -0.660. The van der Waals surface area contributed by atoms with Crippen LogP contribution in [0.4, 0.5) is 0 Å². The number of ether oxygens (including phenoxy) is 1. The van der Waals surface area contributed by atoms with Gasteiger partial charge in [0.05, 0.1) is 19.3 Å². The zero-order valence-corrected chi connectivity index (χ0v) is 11.3. The van der Waals surface area contributed by atoms with Gasteiger partial charge in [0.2, 0.25) is 10.0 Å². The topological polar surface area (TPSA) is 98.5 Å². The van der Waals surface area contributed by atoms with Crippen LogP contribution in [-0.4, -0.2) is 39.8 Å². The molecule has 0 rings (SSSR count). The second kappa shape index (κ2) is 8.43. The predicted molar refractivity (Wildman–Crippen MR) is 65.9 cm³/mol. The smallest absolute Gasteiger partial charge is 0.306 e. The zero-order valence-electron chi connectivity index (χ0n) is 10.4. The van der Waals surface area contributed by atoms with E-state index in [2.05, 4.69) is 9.46 Å². The van der Waals surface area contributed by atoms with Gasteiger partial charge in [-0.3, -0.25) is 4.79 Å². The minimum absolute atomic E-state index is 0.142. The van der Waals surface area contributed by atoms with E-state index in [0.29, 0.717) is 6.42 Å². The van der Waals surface area contributed by atoms with Gasteiger partial charge in [-0.2, -0.15) is 0 Å². The largest absolute Gasteiger partial charge is 0.469 e. The van der Waals surface area contributed by atoms with E-state index >= 15 is 0 Å². The van der Waals surface area contributed by atoms with Crippen LogP contribution in [-0.2, 0) is 19.6 Å². The van der Waals surface area contributed by atoms with Gasteiger partial charge < -0.3 is 10.5 Å². The van der Waals surface area contributed by atoms with Crippen molar-refractivity contribution >= 4 is 16.0 Å². The molecule has 0 bridgehead atoms. The number of hydrogen-bond donors (Lipinski definition) is 2. The number of unbranched alkanes of at least 4 members (excludes halogenated alkanes) is 1. The molecule has 0 saturated heterocycles. The van der Waals surface area contributed by atoms with Crippen LogP contribution in [0.1, 0.15) is 32.6 Å². The second-order valence-electron chi connectivity index (χ2n) is 3.84. The number of rotatable bonds is 9. The molecule has 0 radical (unpaired) electrons. The van der Waals surface area contributed by atoms with Crippen LogP contribution in [0, 0.1) is 0 Å². The third-order valence-electron chi connectivity index (χ3n) is 2.34. The van der Waals surface area contributed by atoms with Crippen LogP contribution >= 0.6 is 0 Å². The third kappa shape index (κ3) is 8.12. The van der Waals surface area contributed by atoms with Gasteiger partial charge in [0.25, 0.3) is 0 Å². The van der Waals surface area contributed by atoms with Gasteiger partial charge in [-0.05, 0) is 6.42 Å². The first-order valence-electron chi connectivity index (χ1n) is 5.72. The number of esters is 1. The van der Waals surface area contributed by atoms with E-state index < -0.39 is 16.0 Å². The molecule has 1 unspecified atom stereocenters. The number of methoxy groups -OCH3 is 1. The highest BCUT2D eigenvalue weighted by Gasteiger charge is 2.17. The van der Waals surface area contributed by atoms with Gasteiger partial charge in [-0.15, -0.1) is 0 Å². The Morgan fingerprint density at radius 3 is 2.59 bits per heavy atom. The van der Waals surface area contributed by atoms with Crippen molar-refractivity contribution in [3.05, 3.63) is 0 Å². The molecule has 6 nitrogen and oxygen atoms in total. The number of hydrogen-bond acceptors (Lipinski definition) is 5. The highest BCUT2D eigenvalue weighted by atomic mass is 32.2. The molecule has 102 valence electrons. The first-order chi connectivity index (χ1) is 7.95. The Morgan fingerprint density at radius 2 is 2.12 bits per heavy atom. The Morgan fingerprint density at radius 1 is 1.47 bits per heavy atom. The summed E-state index contributed by atoms with van der Waals surface area (Å²) in [5.74, 6) is -0.796. The van der Waals surface area contributed by atoms with E-state index in [1.54, 1.807) is 0 Å². The minimum Gasteiger partial charge on any atom is -0.469 e. The number of sulfonamides is 1. The summed E-state index contributed by atoms with van der Waals surface area (Å²) in [5, 5.41) is 0. The monoisotopic (exact) mass is 266 g/mol. The molecule has 0 aliphatic heterocycles. The summed E-state index contributed by atoms with van der Waals surface area (Å²) in [6.45, 7) is 2.29. The molecule has 3 N–H and O–H groups in total. The number of nitrogens with two attached hydrogens (primary N) is 1. The van der Waals surface area contributed by atoms with Crippen LogP contribution in [0.5, 0.6) is 0 Å². The van der Waals surface area contributed by atoms with Crippen molar-refractivity contribution in [3.63, 3.8) is 0 Å². The molecule has 0 aromatic carbocycles. The molecule has 0 aliphatic rings. The van der Waals surface area contributed by atoms with Crippen LogP contribution in [0.2, 0.25) is 0 Å². The molecule has 1 atom stereocenters. The van der Waals surface area contributed by atoms with E-state index in [9.17, 15) is 13.2 Å². The van der Waals surface area contributed by atoms with Crippen molar-refractivity contribution in [1.29, 1.82) is 0 Å². The summed E-state index contributed by atoms with van der Waals surface area (Å²) in [6.07, 6.45) is 2.48. The molecule has 0 aromatic rings. The molecule has 7 heteroatoms. The normalized spacial score (nSPS) is 13.4. The van der Waals surface area contributed by atoms with Crippen molar-refractivity contribution in [2.45, 2.75) is 38.6 Å². The lowest BCUT2D eigenvalue weighted by atomic mass is 10.1. The summed E-state index contributed by atoms with van der Waals surface area (Å²) in [6, 6.07) is -0.252. The zero-order chi connectivity index (χ0) is 13.3. The van der Waals surface area contributed by atoms with Gasteiger partial charge in [-0.1, -0.05) is 19.8 Å². The van der Waals surface area contributed by atoms with Crippen molar-refractivity contribution in [2.24, 2.45) is 5.73 Å². The average molecular weight is 266 g/mol. The Labute approximate surface area is 103 Å². The fourth-order valence-corrected chi connectivity index (χ4v) is 2.58. The maximum Gasteiger partial charge on any atom is 0.306 e. The summed E-state index contributed by atoms with van der Waals surface area (Å²) in [7, 11) is -2.23. The van der Waals surface area contributed by atoms with Crippen LogP contribution in [0.3, 0.4) is 0 Å². The van der Waals surface area contributed by atoms with Gasteiger partial charge in [0, 0.05) is 12.6 Å². The van der Waals surface area contributed by atoms with E-state index in [1.807, 2.05) is 6.92 Å². The molecule has 0 aliphatic carbocycles. The van der Waals surface area contributed by atoms with Gasteiger partial charge in [0.1, 0.15) is 0 Å². The molecule has 0 amide bonds. The standard InChI is InChI=1S/C10H22N2O4S/c1-3-4-5-9(8-11)12-17(14,15)7-6-10(13)16-2/h9,12H,3-8,11H2,1-2H3. The first kappa shape index (κ1) is 16.3. The highest BCUT2D eigenvalue weighted by molar-refractivity contribution is 7.89. The van der Waals surface area contributed by atoms with E-state index in [1.165, 1.54) is 7.11 Å². The molecule has 0 heterocycles. The molecule has 0 spiro atoms. The van der Waals surface area contributed by atoms with E-state index in [4.69, 9.17) is 5.73 Å². The fraction of sp³-hybridized carbons (Fsp3) is 0.900. The number of carbonyl (C=O) groups is 1. The first-order valence-corrected chi connectivity index (χ1v) is 7.37. The van der Waals surface area contributed by atoms with E-state index in [0.717, 1.165) is 12.8 Å². The van der Waals surface area contributed by atoms with Crippen LogP contribution in [0.25, 0.3) is 0 Å². The van der Waals surface area contributed by atoms with Crippen molar-refractivity contribution in [3.8, 4) is 0 Å². The number of carbonyl (C=O) groups excluding carboxylic acids is 1. The molecule has 0 saturated carbocycles. The highest BCUT2D eigenvalue weighted by Crippen LogP contribution is 2.02.